The molecular formula is C114H88BBrN4O2. The molecule has 6 nitrogen and oxygen atoms in total. The average Bonchev–Trinajstić information content (AvgIpc) is 1.61. The van der Waals surface area contributed by atoms with E-state index in [2.05, 4.69) is 511 Å². The molecule has 122 heavy (non-hydrogen) atoms. The van der Waals surface area contributed by atoms with Gasteiger partial charge in [-0.1, -0.05) is 344 Å². The summed E-state index contributed by atoms with van der Waals surface area (Å²) < 4.78 is 18.4. The molecule has 0 aliphatic carbocycles. The monoisotopic (exact) mass is 1630 g/mol. The van der Waals surface area contributed by atoms with Crippen molar-refractivity contribution in [1.82, 2.24) is 9.13 Å². The second-order valence-electron chi connectivity index (χ2n) is 32.0. The molecule has 0 amide bonds. The summed E-state index contributed by atoms with van der Waals surface area (Å²) in [7, 11) is -0.386. The molecule has 0 bridgehead atoms. The van der Waals surface area contributed by atoms with E-state index in [9.17, 15) is 0 Å². The molecule has 3 heterocycles. The van der Waals surface area contributed by atoms with Gasteiger partial charge in [0.1, 0.15) is 0 Å². The number of fused-ring (bicyclic) bond motifs is 6. The third-order valence-electron chi connectivity index (χ3n) is 23.9. The number of anilines is 6. The Kier molecular flexibility index (Phi) is 21.7. The van der Waals surface area contributed by atoms with Gasteiger partial charge in [0.25, 0.3) is 0 Å². The van der Waals surface area contributed by atoms with E-state index < -0.39 is 0 Å². The number of hydrogen-bond donors (Lipinski definition) is 0. The largest absolute Gasteiger partial charge is 0.494 e. The van der Waals surface area contributed by atoms with Crippen molar-refractivity contribution < 1.29 is 9.31 Å². The molecular weight excluding hydrogens is 1550 g/mol. The lowest BCUT2D eigenvalue weighted by Gasteiger charge is -2.32. The molecule has 2 aromatic heterocycles. The van der Waals surface area contributed by atoms with Crippen LogP contribution in [0.1, 0.15) is 27.7 Å². The Hall–Kier alpha value is -14.4. The third-order valence-corrected chi connectivity index (χ3v) is 24.4. The van der Waals surface area contributed by atoms with Crippen LogP contribution in [0.15, 0.2) is 466 Å². The lowest BCUT2D eigenvalue weighted by atomic mass is 9.79. The molecule has 0 unspecified atom stereocenters. The predicted molar refractivity (Wildman–Crippen MR) is 519 cm³/mol. The highest BCUT2D eigenvalue weighted by molar-refractivity contribution is 9.10. The van der Waals surface area contributed by atoms with Crippen molar-refractivity contribution in [2.45, 2.75) is 38.9 Å². The van der Waals surface area contributed by atoms with Crippen LogP contribution in [0.2, 0.25) is 0 Å². The SMILES string of the molecule is Brc1ccc(-c2ccc(-n3c4ccccc4c4ccccc43)cc2)cc1.CC1(C)OB(c2ccc(N(c3ccc(-c4ccccc4)cc3)c3ccc(-c4ccccc4)cc3)cc2)OC1(C)C.c1ccc(-c2ccc(N(c3ccc(-c4ccccc4)cc3)c3ccc(-c4ccc(-c5ccc(-n6c7ccccc7c7ccccc76)cc5)cc4)cc3)cc2)cc1. The molecule has 0 spiro atoms. The molecule has 18 aromatic carbocycles. The summed E-state index contributed by atoms with van der Waals surface area (Å²) in [5, 5.41) is 5.14. The van der Waals surface area contributed by atoms with Gasteiger partial charge < -0.3 is 28.2 Å². The molecule has 8 heteroatoms. The predicted octanol–water partition coefficient (Wildman–Crippen LogP) is 30.9. The standard InChI is InChI=1S/C54H38N2.C36H34BNO2.C24H16BrN/c1-3-11-39(12-4-1)43-23-31-47(32-24-43)55(48-33-25-44(26-34-48)40-13-5-2-6-14-40)49-35-27-45(28-36-49)41-19-21-42(22-20-41)46-29-37-50(38-30-46)56-53-17-9-7-15-51(53)52-16-8-10-18-54(52)56;1-35(2)36(3,4)40-37(39-35)31-19-25-34(26-20-31)38(32-21-15-29(16-22-32)27-11-7-5-8-12-27)33-23-17-30(18-24-33)28-13-9-6-10-14-28;25-19-13-9-17(10-14-19)18-11-15-20(16-12-18)26-23-7-3-1-5-21(23)22-6-2-4-8-24(22)26/h1-38H;5-26H,1-4H3;1-16H. The Morgan fingerprint density at radius 2 is 0.385 bits per heavy atom. The van der Waals surface area contributed by atoms with E-state index in [0.29, 0.717) is 0 Å². The first-order valence-electron chi connectivity index (χ1n) is 41.7. The Bertz CT molecular complexity index is 6680. The molecule has 21 rings (SSSR count). The van der Waals surface area contributed by atoms with Crippen molar-refractivity contribution >= 4 is 106 Å². The molecule has 20 aromatic rings. The fourth-order valence-corrected chi connectivity index (χ4v) is 17.0. The summed E-state index contributed by atoms with van der Waals surface area (Å²) in [4.78, 5) is 4.62. The van der Waals surface area contributed by atoms with Gasteiger partial charge in [-0.2, -0.15) is 0 Å². The molecule has 1 saturated heterocycles. The van der Waals surface area contributed by atoms with Gasteiger partial charge in [-0.3, -0.25) is 0 Å². The summed E-state index contributed by atoms with van der Waals surface area (Å²) >= 11 is 3.50. The fourth-order valence-electron chi connectivity index (χ4n) is 16.7. The van der Waals surface area contributed by atoms with E-state index in [1.165, 1.54) is 127 Å². The smallest absolute Gasteiger partial charge is 0.399 e. The van der Waals surface area contributed by atoms with Crippen molar-refractivity contribution in [3.8, 4) is 89.3 Å². The second kappa shape index (κ2) is 34.2. The van der Waals surface area contributed by atoms with Crippen LogP contribution in [0.3, 0.4) is 0 Å². The van der Waals surface area contributed by atoms with Gasteiger partial charge in [-0.15, -0.1) is 0 Å². The Morgan fingerprint density at radius 1 is 0.205 bits per heavy atom. The van der Waals surface area contributed by atoms with E-state index in [-0.39, 0.29) is 18.3 Å². The highest BCUT2D eigenvalue weighted by Crippen LogP contribution is 2.43. The first kappa shape index (κ1) is 77.5. The van der Waals surface area contributed by atoms with Crippen LogP contribution in [-0.2, 0) is 9.31 Å². The van der Waals surface area contributed by atoms with Gasteiger partial charge in [0.15, 0.2) is 0 Å². The molecule has 0 N–H and O–H groups in total. The first-order chi connectivity index (χ1) is 59.9. The number of benzene rings is 18. The molecule has 0 saturated carbocycles. The summed E-state index contributed by atoms with van der Waals surface area (Å²) in [6, 6.07) is 164. The van der Waals surface area contributed by atoms with E-state index in [1.807, 2.05) is 12.1 Å². The second-order valence-corrected chi connectivity index (χ2v) is 32.9. The Morgan fingerprint density at radius 3 is 0.623 bits per heavy atom. The van der Waals surface area contributed by atoms with E-state index in [0.717, 1.165) is 49.7 Å². The molecule has 1 fully saturated rings. The molecule has 586 valence electrons. The van der Waals surface area contributed by atoms with Crippen molar-refractivity contribution in [1.29, 1.82) is 0 Å². The van der Waals surface area contributed by atoms with E-state index in [4.69, 9.17) is 9.31 Å². The number of hydrogen-bond acceptors (Lipinski definition) is 4. The quantitative estimate of drug-likeness (QED) is 0.0903. The maximum absolute atomic E-state index is 6.29. The maximum Gasteiger partial charge on any atom is 0.494 e. The van der Waals surface area contributed by atoms with Gasteiger partial charge in [0, 0.05) is 71.5 Å². The van der Waals surface area contributed by atoms with Gasteiger partial charge in [0.05, 0.1) is 33.3 Å². The number of nitrogens with zero attached hydrogens (tertiary/aromatic N) is 4. The minimum Gasteiger partial charge on any atom is -0.399 e. The number of rotatable bonds is 16. The van der Waals surface area contributed by atoms with Crippen molar-refractivity contribution in [2.75, 3.05) is 9.80 Å². The van der Waals surface area contributed by atoms with Crippen LogP contribution in [0.4, 0.5) is 34.1 Å². The zero-order valence-electron chi connectivity index (χ0n) is 68.4. The summed E-state index contributed by atoms with van der Waals surface area (Å²) in [5.41, 5.74) is 31.0. The van der Waals surface area contributed by atoms with Crippen LogP contribution in [0.5, 0.6) is 0 Å². The van der Waals surface area contributed by atoms with Crippen LogP contribution >= 0.6 is 15.9 Å². The fraction of sp³-hybridized carbons (Fsp3) is 0.0526. The molecule has 1 aliphatic rings. The molecule has 1 aliphatic heterocycles. The highest BCUT2D eigenvalue weighted by atomic mass is 79.9. The van der Waals surface area contributed by atoms with Crippen LogP contribution in [0, 0.1) is 0 Å². The highest BCUT2D eigenvalue weighted by Gasteiger charge is 2.51. The minimum atomic E-state index is -0.386. The average molecular weight is 1640 g/mol. The summed E-state index contributed by atoms with van der Waals surface area (Å²) in [6.45, 7) is 8.34. The number of para-hydroxylation sites is 4. The van der Waals surface area contributed by atoms with E-state index >= 15 is 0 Å². The van der Waals surface area contributed by atoms with Gasteiger partial charge >= 0.3 is 7.12 Å². The number of aromatic nitrogens is 2. The van der Waals surface area contributed by atoms with Gasteiger partial charge in [0.2, 0.25) is 0 Å². The zero-order valence-corrected chi connectivity index (χ0v) is 70.0. The number of halogens is 1. The maximum atomic E-state index is 6.29. The van der Waals surface area contributed by atoms with Crippen molar-refractivity contribution in [3.63, 3.8) is 0 Å². The van der Waals surface area contributed by atoms with Crippen LogP contribution < -0.4 is 15.3 Å². The Labute approximate surface area is 723 Å². The van der Waals surface area contributed by atoms with Crippen LogP contribution in [0.25, 0.3) is 133 Å². The lowest BCUT2D eigenvalue weighted by molar-refractivity contribution is 0.00578. The summed E-state index contributed by atoms with van der Waals surface area (Å²) in [6.07, 6.45) is 0. The topological polar surface area (TPSA) is 34.8 Å². The lowest BCUT2D eigenvalue weighted by Crippen LogP contribution is -2.41. The first-order valence-corrected chi connectivity index (χ1v) is 42.5. The minimum absolute atomic E-state index is 0.372. The van der Waals surface area contributed by atoms with Crippen LogP contribution in [-0.4, -0.2) is 27.5 Å². The van der Waals surface area contributed by atoms with Gasteiger partial charge in [-0.05, 0) is 245 Å². The normalized spacial score (nSPS) is 12.7. The third kappa shape index (κ3) is 16.0. The molecule has 0 radical (unpaired) electrons. The van der Waals surface area contributed by atoms with Gasteiger partial charge in [-0.25, -0.2) is 0 Å². The molecule has 0 atom stereocenters. The Balaban J connectivity index is 0.000000129. The van der Waals surface area contributed by atoms with E-state index in [1.54, 1.807) is 0 Å². The summed E-state index contributed by atoms with van der Waals surface area (Å²) in [5.74, 6) is 0. The zero-order chi connectivity index (χ0) is 82.5. The van der Waals surface area contributed by atoms with Crippen molar-refractivity contribution in [2.24, 2.45) is 0 Å². The van der Waals surface area contributed by atoms with Crippen molar-refractivity contribution in [3.05, 3.63) is 466 Å².